The molecule has 132 valence electrons. The van der Waals surface area contributed by atoms with Gasteiger partial charge in [0, 0.05) is 13.1 Å². The van der Waals surface area contributed by atoms with Gasteiger partial charge in [-0.2, -0.15) is 0 Å². The van der Waals surface area contributed by atoms with Gasteiger partial charge in [-0.25, -0.2) is 13.1 Å². The highest BCUT2D eigenvalue weighted by Crippen LogP contribution is 2.23. The highest BCUT2D eigenvalue weighted by atomic mass is 32.2. The van der Waals surface area contributed by atoms with Crippen molar-refractivity contribution in [3.05, 3.63) is 47.7 Å². The fourth-order valence-electron chi connectivity index (χ4n) is 2.17. The zero-order valence-corrected chi connectivity index (χ0v) is 14.2. The molecule has 3 rings (SSSR count). The number of hydrogen-bond acceptors (Lipinski definition) is 5. The van der Waals surface area contributed by atoms with Crippen LogP contribution in [0.15, 0.2) is 45.9 Å². The molecule has 2 amide bonds. The Morgan fingerprint density at radius 3 is 2.48 bits per heavy atom. The van der Waals surface area contributed by atoms with Gasteiger partial charge in [0.1, 0.15) is 0 Å². The van der Waals surface area contributed by atoms with Crippen molar-refractivity contribution in [2.75, 3.05) is 12.4 Å². The smallest absolute Gasteiger partial charge is 0.291 e. The van der Waals surface area contributed by atoms with Gasteiger partial charge in [-0.1, -0.05) is 12.1 Å². The van der Waals surface area contributed by atoms with Gasteiger partial charge in [-0.3, -0.25) is 9.59 Å². The molecule has 0 saturated heterocycles. The predicted octanol–water partition coefficient (Wildman–Crippen LogP) is 1.33. The van der Waals surface area contributed by atoms with Crippen molar-refractivity contribution in [1.29, 1.82) is 0 Å². The van der Waals surface area contributed by atoms with Crippen LogP contribution in [0.4, 0.5) is 5.69 Å². The quantitative estimate of drug-likeness (QED) is 0.716. The van der Waals surface area contributed by atoms with Gasteiger partial charge < -0.3 is 15.1 Å². The van der Waals surface area contributed by atoms with Gasteiger partial charge in [-0.05, 0) is 37.1 Å². The molecule has 8 nitrogen and oxygen atoms in total. The first-order valence-corrected chi connectivity index (χ1v) is 9.13. The molecule has 2 aromatic rings. The van der Waals surface area contributed by atoms with E-state index < -0.39 is 15.9 Å². The van der Waals surface area contributed by atoms with E-state index in [1.807, 2.05) is 0 Å². The Morgan fingerprint density at radius 1 is 1.08 bits per heavy atom. The summed E-state index contributed by atoms with van der Waals surface area (Å²) >= 11 is 0. The van der Waals surface area contributed by atoms with Crippen molar-refractivity contribution in [2.45, 2.75) is 24.0 Å². The molecule has 1 aliphatic rings. The van der Waals surface area contributed by atoms with E-state index in [-0.39, 0.29) is 28.4 Å². The molecule has 0 radical (unpaired) electrons. The van der Waals surface area contributed by atoms with Crippen LogP contribution in [0.2, 0.25) is 0 Å². The zero-order valence-electron chi connectivity index (χ0n) is 13.4. The fraction of sp³-hybridized carbons (Fsp3) is 0.250. The van der Waals surface area contributed by atoms with Crippen molar-refractivity contribution in [1.82, 2.24) is 10.0 Å². The lowest BCUT2D eigenvalue weighted by molar-refractivity contribution is 0.0964. The minimum atomic E-state index is -3.77. The lowest BCUT2D eigenvalue weighted by Crippen LogP contribution is -2.25. The summed E-state index contributed by atoms with van der Waals surface area (Å²) in [6.45, 7) is 0. The molecular weight excluding hydrogens is 346 g/mol. The van der Waals surface area contributed by atoms with E-state index in [4.69, 9.17) is 4.42 Å². The van der Waals surface area contributed by atoms with E-state index in [1.54, 1.807) is 24.3 Å². The summed E-state index contributed by atoms with van der Waals surface area (Å²) in [5, 5.41) is 4.72. The zero-order chi connectivity index (χ0) is 18.0. The molecule has 0 aliphatic heterocycles. The van der Waals surface area contributed by atoms with Crippen LogP contribution in [-0.4, -0.2) is 33.3 Å². The summed E-state index contributed by atoms with van der Waals surface area (Å²) in [7, 11) is -2.29. The number of hydrogen-bond donors (Lipinski definition) is 3. The summed E-state index contributed by atoms with van der Waals surface area (Å²) in [4.78, 5) is 24.1. The number of anilines is 1. The third-order valence-electron chi connectivity index (χ3n) is 3.62. The van der Waals surface area contributed by atoms with E-state index in [2.05, 4.69) is 15.4 Å². The second-order valence-corrected chi connectivity index (χ2v) is 7.24. The van der Waals surface area contributed by atoms with Crippen LogP contribution in [0, 0.1) is 0 Å². The van der Waals surface area contributed by atoms with Crippen LogP contribution >= 0.6 is 0 Å². The SMILES string of the molecule is CNC(=O)c1ccccc1NC(=O)c1ccc(S(=O)(=O)NC2CC2)o1. The number of nitrogens with one attached hydrogen (secondary N) is 3. The summed E-state index contributed by atoms with van der Waals surface area (Å²) in [5.41, 5.74) is 0.580. The number of carbonyl (C=O) groups is 2. The number of rotatable bonds is 6. The molecule has 0 bridgehead atoms. The standard InChI is InChI=1S/C16H17N3O5S/c1-17-15(20)11-4-2-3-5-12(11)18-16(21)13-8-9-14(24-13)25(22,23)19-10-6-7-10/h2-5,8-10,19H,6-7H2,1H3,(H,17,20)(H,18,21). The highest BCUT2D eigenvalue weighted by Gasteiger charge is 2.30. The topological polar surface area (TPSA) is 118 Å². The third-order valence-corrected chi connectivity index (χ3v) is 5.01. The summed E-state index contributed by atoms with van der Waals surface area (Å²) in [6.07, 6.45) is 1.59. The Morgan fingerprint density at radius 2 is 1.80 bits per heavy atom. The van der Waals surface area contributed by atoms with E-state index in [0.717, 1.165) is 12.8 Å². The van der Waals surface area contributed by atoms with Crippen LogP contribution in [0.3, 0.4) is 0 Å². The van der Waals surface area contributed by atoms with Crippen molar-refractivity contribution in [3.63, 3.8) is 0 Å². The molecular formula is C16H17N3O5S. The third kappa shape index (κ3) is 3.89. The van der Waals surface area contributed by atoms with E-state index in [9.17, 15) is 18.0 Å². The first-order valence-electron chi connectivity index (χ1n) is 7.65. The molecule has 1 aliphatic carbocycles. The molecule has 1 aromatic carbocycles. The summed E-state index contributed by atoms with van der Waals surface area (Å²) in [6, 6.07) is 8.90. The number of sulfonamides is 1. The van der Waals surface area contributed by atoms with Gasteiger partial charge in [0.15, 0.2) is 5.76 Å². The van der Waals surface area contributed by atoms with Crippen LogP contribution in [0.5, 0.6) is 0 Å². The first kappa shape index (κ1) is 17.2. The normalized spacial score (nSPS) is 14.1. The maximum atomic E-state index is 12.3. The van der Waals surface area contributed by atoms with E-state index in [0.29, 0.717) is 5.69 Å². The monoisotopic (exact) mass is 363 g/mol. The average Bonchev–Trinajstić information content (AvgIpc) is 3.24. The highest BCUT2D eigenvalue weighted by molar-refractivity contribution is 7.89. The molecule has 0 atom stereocenters. The van der Waals surface area contributed by atoms with Gasteiger partial charge >= 0.3 is 0 Å². The van der Waals surface area contributed by atoms with Crippen molar-refractivity contribution in [2.24, 2.45) is 0 Å². The number of amides is 2. The molecule has 3 N–H and O–H groups in total. The maximum Gasteiger partial charge on any atom is 0.291 e. The maximum absolute atomic E-state index is 12.3. The minimum Gasteiger partial charge on any atom is -0.438 e. The Bertz CT molecular complexity index is 915. The summed E-state index contributed by atoms with van der Waals surface area (Å²) in [5.74, 6) is -1.17. The van der Waals surface area contributed by atoms with Crippen LogP contribution < -0.4 is 15.4 Å². The van der Waals surface area contributed by atoms with E-state index in [1.165, 1.54) is 19.2 Å². The number of carbonyl (C=O) groups excluding carboxylic acids is 2. The second-order valence-electron chi connectivity index (χ2n) is 5.59. The number of para-hydroxylation sites is 1. The first-order chi connectivity index (χ1) is 11.9. The Labute approximate surface area is 144 Å². The van der Waals surface area contributed by atoms with Gasteiger partial charge in [0.05, 0.1) is 11.3 Å². The second kappa shape index (κ2) is 6.69. The van der Waals surface area contributed by atoms with E-state index >= 15 is 0 Å². The van der Waals surface area contributed by atoms with Gasteiger partial charge in [-0.15, -0.1) is 0 Å². The fourth-order valence-corrected chi connectivity index (χ4v) is 3.41. The number of benzene rings is 1. The Hall–Kier alpha value is -2.65. The Kier molecular flexibility index (Phi) is 4.60. The van der Waals surface area contributed by atoms with Crippen molar-refractivity contribution < 1.29 is 22.4 Å². The molecule has 25 heavy (non-hydrogen) atoms. The van der Waals surface area contributed by atoms with Gasteiger partial charge in [0.2, 0.25) is 5.09 Å². The summed E-state index contributed by atoms with van der Waals surface area (Å²) < 4.78 is 31.8. The molecule has 0 unspecified atom stereocenters. The predicted molar refractivity (Wildman–Crippen MR) is 89.8 cm³/mol. The van der Waals surface area contributed by atoms with Crippen molar-refractivity contribution in [3.8, 4) is 0 Å². The van der Waals surface area contributed by atoms with Crippen LogP contribution in [-0.2, 0) is 10.0 Å². The van der Waals surface area contributed by atoms with Crippen molar-refractivity contribution >= 4 is 27.5 Å². The molecule has 1 aromatic heterocycles. The molecule has 1 heterocycles. The minimum absolute atomic E-state index is 0.0631. The van der Waals surface area contributed by atoms with Crippen LogP contribution in [0.25, 0.3) is 0 Å². The largest absolute Gasteiger partial charge is 0.438 e. The lowest BCUT2D eigenvalue weighted by atomic mass is 10.1. The molecule has 1 saturated carbocycles. The number of furan rings is 1. The average molecular weight is 363 g/mol. The molecule has 1 fully saturated rings. The molecule has 0 spiro atoms. The molecule has 9 heteroatoms. The lowest BCUT2D eigenvalue weighted by Gasteiger charge is -2.08. The van der Waals surface area contributed by atoms with Gasteiger partial charge in [0.25, 0.3) is 21.8 Å². The van der Waals surface area contributed by atoms with Crippen LogP contribution in [0.1, 0.15) is 33.8 Å². The Balaban J connectivity index is 1.78.